The van der Waals surface area contributed by atoms with E-state index in [0.29, 0.717) is 5.56 Å². The van der Waals surface area contributed by atoms with Gasteiger partial charge in [0.25, 0.3) is 0 Å². The number of fused-ring (bicyclic) bond motifs is 1. The van der Waals surface area contributed by atoms with E-state index in [2.05, 4.69) is 40.7 Å². The lowest BCUT2D eigenvalue weighted by Crippen LogP contribution is -1.94. The normalized spacial score (nSPS) is 10.9. The number of Topliss-reactive ketones (excluding diaryl/α,β-unsaturated/α-hetero) is 1. The Morgan fingerprint density at radius 3 is 2.80 bits per heavy atom. The summed E-state index contributed by atoms with van der Waals surface area (Å²) in [5.74, 6) is 0.0643. The Labute approximate surface area is 117 Å². The molecule has 0 aliphatic carbocycles. The van der Waals surface area contributed by atoms with Crippen molar-refractivity contribution in [1.29, 1.82) is 0 Å². The summed E-state index contributed by atoms with van der Waals surface area (Å²) in [7, 11) is 0. The quantitative estimate of drug-likeness (QED) is 0.674. The highest BCUT2D eigenvalue weighted by Gasteiger charge is 2.07. The van der Waals surface area contributed by atoms with Crippen molar-refractivity contribution in [1.82, 2.24) is 9.55 Å². The fourth-order valence-electron chi connectivity index (χ4n) is 2.36. The molecule has 0 atom stereocenters. The van der Waals surface area contributed by atoms with Gasteiger partial charge in [0.2, 0.25) is 0 Å². The van der Waals surface area contributed by atoms with E-state index >= 15 is 0 Å². The third-order valence-corrected chi connectivity index (χ3v) is 3.55. The van der Waals surface area contributed by atoms with Crippen LogP contribution in [-0.2, 0) is 6.42 Å². The minimum absolute atomic E-state index is 0.0643. The van der Waals surface area contributed by atoms with Crippen molar-refractivity contribution in [3.8, 4) is 5.69 Å². The van der Waals surface area contributed by atoms with Crippen LogP contribution in [0, 0.1) is 0 Å². The molecule has 3 rings (SSSR count). The summed E-state index contributed by atoms with van der Waals surface area (Å²) in [6.07, 6.45) is 2.82. The van der Waals surface area contributed by atoms with Gasteiger partial charge in [-0.15, -0.1) is 0 Å². The number of imidazole rings is 1. The molecule has 0 saturated carbocycles. The standard InChI is InChI=1S/C17H16N2O/c1-3-13-5-4-6-15(9-13)19-11-18-16-10-14(12(2)20)7-8-17(16)19/h4-11H,3H2,1-2H3. The van der Waals surface area contributed by atoms with Crippen LogP contribution in [0.15, 0.2) is 48.8 Å². The fourth-order valence-corrected chi connectivity index (χ4v) is 2.36. The van der Waals surface area contributed by atoms with Crippen LogP contribution in [0.25, 0.3) is 16.7 Å². The van der Waals surface area contributed by atoms with Gasteiger partial charge in [0.1, 0.15) is 6.33 Å². The SMILES string of the molecule is CCc1cccc(-n2cnc3cc(C(C)=O)ccc32)c1. The second kappa shape index (κ2) is 4.93. The molecular formula is C17H16N2O. The lowest BCUT2D eigenvalue weighted by Gasteiger charge is -2.06. The van der Waals surface area contributed by atoms with E-state index in [-0.39, 0.29) is 5.78 Å². The molecule has 0 fully saturated rings. The van der Waals surface area contributed by atoms with E-state index in [1.165, 1.54) is 5.56 Å². The summed E-state index contributed by atoms with van der Waals surface area (Å²) < 4.78 is 2.05. The summed E-state index contributed by atoms with van der Waals surface area (Å²) in [6.45, 7) is 3.72. The zero-order valence-electron chi connectivity index (χ0n) is 11.6. The Kier molecular flexibility index (Phi) is 3.11. The summed E-state index contributed by atoms with van der Waals surface area (Å²) in [5, 5.41) is 0. The molecule has 20 heavy (non-hydrogen) atoms. The van der Waals surface area contributed by atoms with Crippen LogP contribution < -0.4 is 0 Å². The molecule has 100 valence electrons. The number of carbonyl (C=O) groups excluding carboxylic acids is 1. The van der Waals surface area contributed by atoms with Gasteiger partial charge in [-0.05, 0) is 49.2 Å². The number of hydrogen-bond acceptors (Lipinski definition) is 2. The molecule has 0 unspecified atom stereocenters. The molecule has 3 aromatic rings. The Balaban J connectivity index is 2.14. The van der Waals surface area contributed by atoms with E-state index in [9.17, 15) is 4.79 Å². The number of rotatable bonds is 3. The Bertz CT molecular complexity index is 787. The number of benzene rings is 2. The molecular weight excluding hydrogens is 248 g/mol. The lowest BCUT2D eigenvalue weighted by molar-refractivity contribution is 0.101. The van der Waals surface area contributed by atoms with Crippen molar-refractivity contribution in [3.05, 3.63) is 59.9 Å². The van der Waals surface area contributed by atoms with Crippen LogP contribution in [0.3, 0.4) is 0 Å². The van der Waals surface area contributed by atoms with Crippen molar-refractivity contribution in [2.45, 2.75) is 20.3 Å². The Hall–Kier alpha value is -2.42. The number of carbonyl (C=O) groups is 1. The molecule has 0 aliphatic rings. The summed E-state index contributed by atoms with van der Waals surface area (Å²) in [4.78, 5) is 15.8. The van der Waals surface area contributed by atoms with E-state index in [4.69, 9.17) is 0 Å². The number of ketones is 1. The van der Waals surface area contributed by atoms with E-state index in [1.54, 1.807) is 6.92 Å². The molecule has 1 aromatic heterocycles. The molecule has 0 bridgehead atoms. The predicted molar refractivity (Wildman–Crippen MR) is 80.5 cm³/mol. The van der Waals surface area contributed by atoms with Crippen LogP contribution in [0.1, 0.15) is 29.8 Å². The van der Waals surface area contributed by atoms with Crippen LogP contribution in [0.5, 0.6) is 0 Å². The maximum Gasteiger partial charge on any atom is 0.159 e. The topological polar surface area (TPSA) is 34.9 Å². The average Bonchev–Trinajstić information content (AvgIpc) is 2.90. The van der Waals surface area contributed by atoms with Gasteiger partial charge >= 0.3 is 0 Å². The van der Waals surface area contributed by atoms with Gasteiger partial charge in [0.15, 0.2) is 5.78 Å². The summed E-state index contributed by atoms with van der Waals surface area (Å²) in [5.41, 5.74) is 4.96. The molecule has 0 N–H and O–H groups in total. The summed E-state index contributed by atoms with van der Waals surface area (Å²) >= 11 is 0. The zero-order valence-corrected chi connectivity index (χ0v) is 11.6. The van der Waals surface area contributed by atoms with Crippen molar-refractivity contribution < 1.29 is 4.79 Å². The maximum atomic E-state index is 11.4. The summed E-state index contributed by atoms with van der Waals surface area (Å²) in [6, 6.07) is 14.1. The number of hydrogen-bond donors (Lipinski definition) is 0. The maximum absolute atomic E-state index is 11.4. The highest BCUT2D eigenvalue weighted by molar-refractivity contribution is 5.97. The van der Waals surface area contributed by atoms with Crippen LogP contribution in [-0.4, -0.2) is 15.3 Å². The largest absolute Gasteiger partial charge is 0.299 e. The first-order chi connectivity index (χ1) is 9.69. The number of aromatic nitrogens is 2. The first-order valence-electron chi connectivity index (χ1n) is 6.76. The number of nitrogens with zero attached hydrogens (tertiary/aromatic N) is 2. The minimum Gasteiger partial charge on any atom is -0.299 e. The molecule has 0 saturated heterocycles. The van der Waals surface area contributed by atoms with E-state index < -0.39 is 0 Å². The van der Waals surface area contributed by atoms with Gasteiger partial charge in [-0.25, -0.2) is 4.98 Å². The van der Waals surface area contributed by atoms with Crippen LogP contribution in [0.2, 0.25) is 0 Å². The fraction of sp³-hybridized carbons (Fsp3) is 0.176. The highest BCUT2D eigenvalue weighted by atomic mass is 16.1. The zero-order chi connectivity index (χ0) is 14.1. The molecule has 3 nitrogen and oxygen atoms in total. The van der Waals surface area contributed by atoms with Crippen molar-refractivity contribution >= 4 is 16.8 Å². The van der Waals surface area contributed by atoms with E-state index in [0.717, 1.165) is 23.1 Å². The third kappa shape index (κ3) is 2.11. The van der Waals surface area contributed by atoms with Gasteiger partial charge in [0, 0.05) is 11.3 Å². The molecule has 3 heteroatoms. The lowest BCUT2D eigenvalue weighted by atomic mass is 10.1. The van der Waals surface area contributed by atoms with Gasteiger partial charge in [-0.3, -0.25) is 9.36 Å². The minimum atomic E-state index is 0.0643. The monoisotopic (exact) mass is 264 g/mol. The van der Waals surface area contributed by atoms with Crippen LogP contribution in [0.4, 0.5) is 0 Å². The van der Waals surface area contributed by atoms with Gasteiger partial charge in [0.05, 0.1) is 11.0 Å². The average molecular weight is 264 g/mol. The van der Waals surface area contributed by atoms with Gasteiger partial charge < -0.3 is 0 Å². The molecule has 0 amide bonds. The smallest absolute Gasteiger partial charge is 0.159 e. The first kappa shape index (κ1) is 12.6. The van der Waals surface area contributed by atoms with E-state index in [1.807, 2.05) is 24.5 Å². The molecule has 0 spiro atoms. The molecule has 2 aromatic carbocycles. The molecule has 0 aliphatic heterocycles. The van der Waals surface area contributed by atoms with Crippen LogP contribution >= 0.6 is 0 Å². The predicted octanol–water partition coefficient (Wildman–Crippen LogP) is 3.79. The van der Waals surface area contributed by atoms with Crippen molar-refractivity contribution in [2.24, 2.45) is 0 Å². The number of aryl methyl sites for hydroxylation is 1. The second-order valence-electron chi connectivity index (χ2n) is 4.90. The Morgan fingerprint density at radius 2 is 2.05 bits per heavy atom. The highest BCUT2D eigenvalue weighted by Crippen LogP contribution is 2.20. The third-order valence-electron chi connectivity index (χ3n) is 3.55. The van der Waals surface area contributed by atoms with Crippen molar-refractivity contribution in [2.75, 3.05) is 0 Å². The first-order valence-corrected chi connectivity index (χ1v) is 6.76. The van der Waals surface area contributed by atoms with Gasteiger partial charge in [-0.2, -0.15) is 0 Å². The van der Waals surface area contributed by atoms with Gasteiger partial charge in [-0.1, -0.05) is 19.1 Å². The second-order valence-corrected chi connectivity index (χ2v) is 4.90. The van der Waals surface area contributed by atoms with Crippen molar-refractivity contribution in [3.63, 3.8) is 0 Å². The Morgan fingerprint density at radius 1 is 1.20 bits per heavy atom. The molecule has 1 heterocycles. The molecule has 0 radical (unpaired) electrons.